The number of nitriles is 1. The van der Waals surface area contributed by atoms with Gasteiger partial charge >= 0.3 is 0 Å². The van der Waals surface area contributed by atoms with E-state index in [0.717, 1.165) is 21.0 Å². The molecule has 0 saturated heterocycles. The molecule has 2 rings (SSSR count). The summed E-state index contributed by atoms with van der Waals surface area (Å²) in [6, 6.07) is 7.75. The van der Waals surface area contributed by atoms with Gasteiger partial charge in [0.1, 0.15) is 6.07 Å². The van der Waals surface area contributed by atoms with E-state index in [1.807, 2.05) is 17.5 Å². The monoisotopic (exact) mass is 335 g/mol. The molecule has 0 aliphatic heterocycles. The maximum Gasteiger partial charge on any atom is 0.187 e. The van der Waals surface area contributed by atoms with Crippen LogP contribution >= 0.6 is 27.3 Å². The molecule has 0 amide bonds. The van der Waals surface area contributed by atoms with Crippen molar-refractivity contribution in [1.82, 2.24) is 4.98 Å². The lowest BCUT2D eigenvalue weighted by atomic mass is 9.93. The predicted molar refractivity (Wildman–Crippen MR) is 83.0 cm³/mol. The number of nitrogens with one attached hydrogen (secondary N) is 1. The Morgan fingerprint density at radius 3 is 2.68 bits per heavy atom. The van der Waals surface area contributed by atoms with E-state index in [1.54, 1.807) is 17.4 Å². The first-order valence-corrected chi connectivity index (χ1v) is 7.50. The highest BCUT2D eigenvalue weighted by Crippen LogP contribution is 2.29. The van der Waals surface area contributed by atoms with Crippen molar-refractivity contribution in [1.29, 1.82) is 5.26 Å². The highest BCUT2D eigenvalue weighted by atomic mass is 79.9. The second-order valence-corrected chi connectivity index (χ2v) is 6.99. The minimum Gasteiger partial charge on any atom is -0.330 e. The van der Waals surface area contributed by atoms with Crippen LogP contribution in [0.25, 0.3) is 0 Å². The topological polar surface area (TPSA) is 48.7 Å². The average Bonchev–Trinajstić information content (AvgIpc) is 2.79. The first-order valence-electron chi connectivity index (χ1n) is 5.83. The molecule has 19 heavy (non-hydrogen) atoms. The third kappa shape index (κ3) is 3.34. The van der Waals surface area contributed by atoms with Crippen molar-refractivity contribution in [2.45, 2.75) is 26.2 Å². The van der Waals surface area contributed by atoms with Crippen LogP contribution in [-0.4, -0.2) is 4.98 Å². The molecule has 1 N–H and O–H groups in total. The van der Waals surface area contributed by atoms with E-state index in [2.05, 4.69) is 53.1 Å². The maximum absolute atomic E-state index is 9.13. The van der Waals surface area contributed by atoms with Gasteiger partial charge in [0.25, 0.3) is 0 Å². The summed E-state index contributed by atoms with van der Waals surface area (Å²) in [6.07, 6.45) is 0. The zero-order chi connectivity index (χ0) is 14.0. The van der Waals surface area contributed by atoms with E-state index in [4.69, 9.17) is 5.26 Å². The fourth-order valence-electron chi connectivity index (χ4n) is 1.51. The van der Waals surface area contributed by atoms with E-state index in [-0.39, 0.29) is 5.41 Å². The SMILES string of the molecule is CC(C)(C)c1csc(Nc2ccc(Br)cc2C#N)n1. The number of hydrogen-bond acceptors (Lipinski definition) is 4. The molecule has 1 aromatic carbocycles. The Hall–Kier alpha value is -1.38. The van der Waals surface area contributed by atoms with Gasteiger partial charge in [-0.1, -0.05) is 36.7 Å². The van der Waals surface area contributed by atoms with Crippen LogP contribution in [0.4, 0.5) is 10.8 Å². The number of anilines is 2. The van der Waals surface area contributed by atoms with Gasteiger partial charge in [-0.15, -0.1) is 11.3 Å². The molecule has 98 valence electrons. The Labute approximate surface area is 125 Å². The molecule has 0 saturated carbocycles. The standard InChI is InChI=1S/C14H14BrN3S/c1-14(2,3)12-8-19-13(18-12)17-11-5-4-10(15)6-9(11)7-16/h4-6,8H,1-3H3,(H,17,18). The number of rotatable bonds is 2. The predicted octanol–water partition coefficient (Wildman–Crippen LogP) is 4.82. The lowest BCUT2D eigenvalue weighted by Gasteiger charge is -2.14. The van der Waals surface area contributed by atoms with Gasteiger partial charge in [-0.05, 0) is 18.2 Å². The molecule has 0 radical (unpaired) electrons. The molecule has 0 atom stereocenters. The van der Waals surface area contributed by atoms with Gasteiger partial charge in [0.15, 0.2) is 5.13 Å². The number of aromatic nitrogens is 1. The van der Waals surface area contributed by atoms with Gasteiger partial charge < -0.3 is 5.32 Å². The number of benzene rings is 1. The molecule has 1 aromatic heterocycles. The normalized spacial score (nSPS) is 11.1. The Balaban J connectivity index is 2.27. The van der Waals surface area contributed by atoms with Crippen molar-refractivity contribution in [3.8, 4) is 6.07 Å². The van der Waals surface area contributed by atoms with Gasteiger partial charge in [-0.2, -0.15) is 5.26 Å². The first-order chi connectivity index (χ1) is 8.90. The summed E-state index contributed by atoms with van der Waals surface area (Å²) in [5, 5.41) is 15.2. The van der Waals surface area contributed by atoms with Crippen LogP contribution in [0.2, 0.25) is 0 Å². The molecule has 3 nitrogen and oxygen atoms in total. The van der Waals surface area contributed by atoms with E-state index >= 15 is 0 Å². The molecule has 2 aromatic rings. The third-order valence-corrected chi connectivity index (χ3v) is 3.87. The lowest BCUT2D eigenvalue weighted by Crippen LogP contribution is -2.11. The Morgan fingerprint density at radius 1 is 1.37 bits per heavy atom. The molecule has 0 aliphatic rings. The van der Waals surface area contributed by atoms with Crippen molar-refractivity contribution >= 4 is 38.1 Å². The van der Waals surface area contributed by atoms with E-state index < -0.39 is 0 Å². The smallest absolute Gasteiger partial charge is 0.187 e. The zero-order valence-corrected chi connectivity index (χ0v) is 13.4. The van der Waals surface area contributed by atoms with Crippen molar-refractivity contribution in [3.05, 3.63) is 39.3 Å². The fourth-order valence-corrected chi connectivity index (χ4v) is 2.82. The van der Waals surface area contributed by atoms with Gasteiger partial charge in [0, 0.05) is 15.3 Å². The van der Waals surface area contributed by atoms with Gasteiger partial charge in [0.05, 0.1) is 16.9 Å². The van der Waals surface area contributed by atoms with Crippen LogP contribution in [-0.2, 0) is 5.41 Å². The number of nitrogens with zero attached hydrogens (tertiary/aromatic N) is 2. The maximum atomic E-state index is 9.13. The Morgan fingerprint density at radius 2 is 2.11 bits per heavy atom. The lowest BCUT2D eigenvalue weighted by molar-refractivity contribution is 0.573. The van der Waals surface area contributed by atoms with Crippen LogP contribution in [0.15, 0.2) is 28.1 Å². The molecule has 0 spiro atoms. The Kier molecular flexibility index (Phi) is 3.93. The zero-order valence-electron chi connectivity index (χ0n) is 11.0. The van der Waals surface area contributed by atoms with Crippen LogP contribution in [0, 0.1) is 11.3 Å². The van der Waals surface area contributed by atoms with E-state index in [1.165, 1.54) is 0 Å². The summed E-state index contributed by atoms with van der Waals surface area (Å²) < 4.78 is 0.893. The number of thiazole rings is 1. The van der Waals surface area contributed by atoms with Crippen molar-refractivity contribution < 1.29 is 0 Å². The summed E-state index contributed by atoms with van der Waals surface area (Å²) in [6.45, 7) is 6.39. The molecular formula is C14H14BrN3S. The molecular weight excluding hydrogens is 322 g/mol. The van der Waals surface area contributed by atoms with Crippen molar-refractivity contribution in [3.63, 3.8) is 0 Å². The van der Waals surface area contributed by atoms with Crippen LogP contribution in [0.1, 0.15) is 32.0 Å². The summed E-state index contributed by atoms with van der Waals surface area (Å²) in [5.74, 6) is 0. The largest absolute Gasteiger partial charge is 0.330 e. The minimum absolute atomic E-state index is 0.0359. The molecule has 5 heteroatoms. The van der Waals surface area contributed by atoms with Crippen LogP contribution < -0.4 is 5.32 Å². The van der Waals surface area contributed by atoms with Gasteiger partial charge in [-0.3, -0.25) is 0 Å². The molecule has 1 heterocycles. The fraction of sp³-hybridized carbons (Fsp3) is 0.286. The summed E-state index contributed by atoms with van der Waals surface area (Å²) >= 11 is 4.91. The van der Waals surface area contributed by atoms with E-state index in [0.29, 0.717) is 5.56 Å². The molecule has 0 unspecified atom stereocenters. The van der Waals surface area contributed by atoms with Gasteiger partial charge in [-0.25, -0.2) is 4.98 Å². The molecule has 0 aliphatic carbocycles. The second kappa shape index (κ2) is 5.32. The molecule has 0 fully saturated rings. The quantitative estimate of drug-likeness (QED) is 0.855. The second-order valence-electron chi connectivity index (χ2n) is 5.21. The Bertz CT molecular complexity index is 635. The highest BCUT2D eigenvalue weighted by molar-refractivity contribution is 9.10. The third-order valence-electron chi connectivity index (χ3n) is 2.62. The summed E-state index contributed by atoms with van der Waals surface area (Å²) in [4.78, 5) is 4.56. The van der Waals surface area contributed by atoms with Crippen molar-refractivity contribution in [2.24, 2.45) is 0 Å². The highest BCUT2D eigenvalue weighted by Gasteiger charge is 2.17. The van der Waals surface area contributed by atoms with Crippen LogP contribution in [0.5, 0.6) is 0 Å². The summed E-state index contributed by atoms with van der Waals surface area (Å²) in [7, 11) is 0. The summed E-state index contributed by atoms with van der Waals surface area (Å²) in [5.41, 5.74) is 2.46. The van der Waals surface area contributed by atoms with Crippen molar-refractivity contribution in [2.75, 3.05) is 5.32 Å². The van der Waals surface area contributed by atoms with E-state index in [9.17, 15) is 0 Å². The molecule has 0 bridgehead atoms. The first kappa shape index (κ1) is 14.0. The average molecular weight is 336 g/mol. The number of halogens is 1. The van der Waals surface area contributed by atoms with Gasteiger partial charge in [0.2, 0.25) is 0 Å². The van der Waals surface area contributed by atoms with Crippen LogP contribution in [0.3, 0.4) is 0 Å². The number of hydrogen-bond donors (Lipinski definition) is 1. The minimum atomic E-state index is 0.0359.